The summed E-state index contributed by atoms with van der Waals surface area (Å²) in [4.78, 5) is -0.0741. The summed E-state index contributed by atoms with van der Waals surface area (Å²) in [5, 5.41) is 10.4. The number of benzene rings is 2. The first-order chi connectivity index (χ1) is 10.7. The molecule has 0 fully saturated rings. The quantitative estimate of drug-likeness (QED) is 0.377. The van der Waals surface area contributed by atoms with Gasteiger partial charge >= 0.3 is 6.18 Å². The number of halogens is 3. The van der Waals surface area contributed by atoms with Gasteiger partial charge in [0.2, 0.25) is 0 Å². The van der Waals surface area contributed by atoms with E-state index >= 15 is 0 Å². The van der Waals surface area contributed by atoms with Gasteiger partial charge in [-0.2, -0.15) is 21.6 Å². The molecule has 0 aliphatic heterocycles. The minimum Gasteiger partial charge on any atom is -0.410 e. The molecule has 0 atom stereocenters. The van der Waals surface area contributed by atoms with Crippen molar-refractivity contribution >= 4 is 15.8 Å². The molecular weight excluding hydrogens is 335 g/mol. The summed E-state index contributed by atoms with van der Waals surface area (Å²) in [7, 11) is -4.00. The van der Waals surface area contributed by atoms with E-state index in [0.29, 0.717) is 0 Å². The fourth-order valence-electron chi connectivity index (χ4n) is 1.47. The second-order valence-corrected chi connectivity index (χ2v) is 5.52. The van der Waals surface area contributed by atoms with E-state index in [2.05, 4.69) is 5.16 Å². The van der Waals surface area contributed by atoms with Crippen molar-refractivity contribution in [2.24, 2.45) is 5.16 Å². The molecule has 0 aliphatic rings. The number of oxime groups is 1. The number of rotatable bonds is 2. The van der Waals surface area contributed by atoms with Gasteiger partial charge in [-0.15, -0.1) is 0 Å². The topological polar surface area (TPSA) is 87.0 Å². The zero-order chi connectivity index (χ0) is 17.5. The Labute approximate surface area is 130 Å². The average molecular weight is 347 g/mol. The first-order valence-electron chi connectivity index (χ1n) is 6.03. The van der Waals surface area contributed by atoms with Crippen molar-refractivity contribution in [1.82, 2.24) is 0 Å². The van der Waals surface area contributed by atoms with E-state index in [0.717, 1.165) is 0 Å². The summed E-state index contributed by atoms with van der Waals surface area (Å²) in [6.07, 6.45) is -4.63. The zero-order valence-corrected chi connectivity index (χ0v) is 12.3. The van der Waals surface area contributed by atoms with E-state index in [-0.39, 0.29) is 10.5 Å². The van der Waals surface area contributed by atoms with Gasteiger partial charge in [0.1, 0.15) is 0 Å². The summed E-state index contributed by atoms with van der Waals surface area (Å²) in [5.74, 6) is 0. The Kier molecular flexibility index (Phi) is 6.28. The molecule has 2 rings (SSSR count). The highest BCUT2D eigenvalue weighted by Gasteiger charge is 2.37. The highest BCUT2D eigenvalue weighted by molar-refractivity contribution is 7.85. The summed E-state index contributed by atoms with van der Waals surface area (Å²) in [5.41, 5.74) is -1.44. The fourth-order valence-corrected chi connectivity index (χ4v) is 1.97. The SMILES string of the molecule is O=S(=O)(O)c1ccccc1.ON=C(c1ccccc1)C(F)(F)F. The number of hydrogen-bond acceptors (Lipinski definition) is 4. The van der Waals surface area contributed by atoms with Crippen LogP contribution in [0.4, 0.5) is 13.2 Å². The minimum atomic E-state index is -4.63. The molecule has 2 aromatic carbocycles. The third-order valence-electron chi connectivity index (χ3n) is 2.46. The monoisotopic (exact) mass is 347 g/mol. The van der Waals surface area contributed by atoms with Gasteiger partial charge in [0, 0.05) is 5.56 Å². The lowest BCUT2D eigenvalue weighted by Crippen LogP contribution is -2.23. The molecule has 0 aromatic heterocycles. The maximum absolute atomic E-state index is 12.1. The summed E-state index contributed by atoms with van der Waals surface area (Å²) in [6, 6.07) is 14.3. The first-order valence-corrected chi connectivity index (χ1v) is 7.47. The molecule has 9 heteroatoms. The predicted octanol–water partition coefficient (Wildman–Crippen LogP) is 3.36. The molecule has 0 saturated carbocycles. The van der Waals surface area contributed by atoms with Crippen molar-refractivity contribution in [2.45, 2.75) is 11.1 Å². The Bertz CT molecular complexity index is 745. The van der Waals surface area contributed by atoms with Crippen LogP contribution in [0.1, 0.15) is 5.56 Å². The molecule has 0 bridgehead atoms. The van der Waals surface area contributed by atoms with Crippen LogP contribution in [-0.2, 0) is 10.1 Å². The van der Waals surface area contributed by atoms with Crippen LogP contribution in [0.5, 0.6) is 0 Å². The third kappa shape index (κ3) is 6.09. The predicted molar refractivity (Wildman–Crippen MR) is 77.1 cm³/mol. The Morgan fingerprint density at radius 1 is 0.913 bits per heavy atom. The van der Waals surface area contributed by atoms with E-state index in [1.807, 2.05) is 0 Å². The lowest BCUT2D eigenvalue weighted by molar-refractivity contribution is -0.0601. The van der Waals surface area contributed by atoms with Crippen molar-refractivity contribution in [3.63, 3.8) is 0 Å². The van der Waals surface area contributed by atoms with Gasteiger partial charge in [0.05, 0.1) is 4.90 Å². The molecule has 23 heavy (non-hydrogen) atoms. The molecule has 0 unspecified atom stereocenters. The van der Waals surface area contributed by atoms with Crippen LogP contribution >= 0.6 is 0 Å². The number of nitrogens with zero attached hydrogens (tertiary/aromatic N) is 1. The van der Waals surface area contributed by atoms with Gasteiger partial charge in [-0.3, -0.25) is 4.55 Å². The van der Waals surface area contributed by atoms with Gasteiger partial charge in [-0.05, 0) is 12.1 Å². The first kappa shape index (κ1) is 18.7. The Morgan fingerprint density at radius 3 is 1.65 bits per heavy atom. The number of hydrogen-bond donors (Lipinski definition) is 2. The van der Waals surface area contributed by atoms with Crippen LogP contribution in [-0.4, -0.2) is 30.1 Å². The molecule has 0 spiro atoms. The highest BCUT2D eigenvalue weighted by Crippen LogP contribution is 2.21. The molecule has 2 aromatic rings. The largest absolute Gasteiger partial charge is 0.437 e. The van der Waals surface area contributed by atoms with Crippen LogP contribution < -0.4 is 0 Å². The minimum absolute atomic E-state index is 0.0741. The summed E-state index contributed by atoms with van der Waals surface area (Å²) in [6.45, 7) is 0. The standard InChI is InChI=1S/C8H6F3NO.C6H6O3S/c9-8(10,11)7(12-13)6-4-2-1-3-5-6;7-10(8,9)6-4-2-1-3-5-6/h1-5,13H;1-5H,(H,7,8,9). The van der Waals surface area contributed by atoms with E-state index in [1.54, 1.807) is 24.3 Å². The van der Waals surface area contributed by atoms with Crippen LogP contribution in [0.25, 0.3) is 0 Å². The van der Waals surface area contributed by atoms with Crippen LogP contribution in [0.2, 0.25) is 0 Å². The van der Waals surface area contributed by atoms with Gasteiger partial charge in [-0.1, -0.05) is 53.7 Å². The third-order valence-corrected chi connectivity index (χ3v) is 3.32. The van der Waals surface area contributed by atoms with E-state index in [9.17, 15) is 21.6 Å². The molecule has 0 amide bonds. The molecule has 2 N–H and O–H groups in total. The molecule has 5 nitrogen and oxygen atoms in total. The lowest BCUT2D eigenvalue weighted by Gasteiger charge is -2.07. The van der Waals surface area contributed by atoms with Crippen molar-refractivity contribution < 1.29 is 31.3 Å². The Morgan fingerprint density at radius 2 is 1.35 bits per heavy atom. The van der Waals surface area contributed by atoms with Crippen LogP contribution in [0, 0.1) is 0 Å². The number of alkyl halides is 3. The second-order valence-electron chi connectivity index (χ2n) is 4.10. The maximum Gasteiger partial charge on any atom is 0.437 e. The summed E-state index contributed by atoms with van der Waals surface area (Å²) >= 11 is 0. The van der Waals surface area contributed by atoms with E-state index in [1.165, 1.54) is 36.4 Å². The molecule has 0 heterocycles. The van der Waals surface area contributed by atoms with Crippen molar-refractivity contribution in [2.75, 3.05) is 0 Å². The fraction of sp³-hybridized carbons (Fsp3) is 0.0714. The molecule has 0 saturated heterocycles. The smallest absolute Gasteiger partial charge is 0.410 e. The van der Waals surface area contributed by atoms with E-state index < -0.39 is 22.0 Å². The van der Waals surface area contributed by atoms with Crippen molar-refractivity contribution in [3.05, 3.63) is 66.2 Å². The van der Waals surface area contributed by atoms with Gasteiger partial charge in [0.15, 0.2) is 5.71 Å². The zero-order valence-electron chi connectivity index (χ0n) is 11.5. The highest BCUT2D eigenvalue weighted by atomic mass is 32.2. The second kappa shape index (κ2) is 7.75. The van der Waals surface area contributed by atoms with Crippen LogP contribution in [0.3, 0.4) is 0 Å². The van der Waals surface area contributed by atoms with E-state index in [4.69, 9.17) is 9.76 Å². The van der Waals surface area contributed by atoms with Gasteiger partial charge in [-0.25, -0.2) is 0 Å². The molecular formula is C14H12F3NO4S. The van der Waals surface area contributed by atoms with Crippen molar-refractivity contribution in [1.29, 1.82) is 0 Å². The summed E-state index contributed by atoms with van der Waals surface area (Å²) < 4.78 is 65.6. The molecule has 0 aliphatic carbocycles. The maximum atomic E-state index is 12.1. The Balaban J connectivity index is 0.000000238. The van der Waals surface area contributed by atoms with Gasteiger partial charge in [0.25, 0.3) is 10.1 Å². The average Bonchev–Trinajstić information content (AvgIpc) is 2.48. The molecule has 0 radical (unpaired) electrons. The van der Waals surface area contributed by atoms with Crippen LogP contribution in [0.15, 0.2) is 70.7 Å². The van der Waals surface area contributed by atoms with Gasteiger partial charge < -0.3 is 5.21 Å². The lowest BCUT2D eigenvalue weighted by atomic mass is 10.1. The van der Waals surface area contributed by atoms with Crippen molar-refractivity contribution in [3.8, 4) is 0 Å². The Hall–Kier alpha value is -2.39. The molecule has 124 valence electrons. The normalized spacial score (nSPS) is 12.3.